The lowest BCUT2D eigenvalue weighted by molar-refractivity contribution is 0.112. The smallest absolute Gasteiger partial charge is 0.156 e. The van der Waals surface area contributed by atoms with Crippen molar-refractivity contribution in [1.29, 1.82) is 0 Å². The number of benzene rings is 1. The van der Waals surface area contributed by atoms with Crippen LogP contribution in [0.3, 0.4) is 0 Å². The molecular weight excluding hydrogens is 276 g/mol. The Hall–Kier alpha value is -2.53. The van der Waals surface area contributed by atoms with Crippen LogP contribution in [0.4, 0.5) is 11.5 Å². The molecule has 0 aliphatic heterocycles. The lowest BCUT2D eigenvalue weighted by Gasteiger charge is -2.10. The van der Waals surface area contributed by atoms with E-state index >= 15 is 0 Å². The van der Waals surface area contributed by atoms with Gasteiger partial charge in [-0.3, -0.25) is 9.78 Å². The Morgan fingerprint density at radius 2 is 2.10 bits per heavy atom. The van der Waals surface area contributed by atoms with E-state index in [-0.39, 0.29) is 10.7 Å². The van der Waals surface area contributed by atoms with E-state index in [0.29, 0.717) is 12.1 Å². The largest absolute Gasteiger partial charge is 0.339 e. The average molecular weight is 285 g/mol. The fourth-order valence-electron chi connectivity index (χ4n) is 1.93. The van der Waals surface area contributed by atoms with E-state index < -0.39 is 0 Å². The topological polar surface area (TPSA) is 67.8 Å². The number of anilines is 2. The van der Waals surface area contributed by atoms with Crippen molar-refractivity contribution in [3.05, 3.63) is 53.7 Å². The lowest BCUT2D eigenvalue weighted by Crippen LogP contribution is -2.01. The van der Waals surface area contributed by atoms with Crippen molar-refractivity contribution in [3.8, 4) is 0 Å². The Labute approximate surface area is 119 Å². The normalized spacial score (nSPS) is 10.4. The van der Waals surface area contributed by atoms with Gasteiger partial charge in [0.1, 0.15) is 17.3 Å². The number of rotatable bonds is 3. The van der Waals surface area contributed by atoms with E-state index in [1.807, 2.05) is 24.3 Å². The van der Waals surface area contributed by atoms with Crippen LogP contribution in [0, 0.1) is 0 Å². The number of aromatic nitrogens is 3. The Balaban J connectivity index is 2.10. The SMILES string of the molecule is O=Cc1c(Cl)ncnc1Nc1cccc2ccncc12. The molecule has 20 heavy (non-hydrogen) atoms. The van der Waals surface area contributed by atoms with Crippen LogP contribution in [0.25, 0.3) is 10.8 Å². The van der Waals surface area contributed by atoms with Crippen LogP contribution in [0.5, 0.6) is 0 Å². The van der Waals surface area contributed by atoms with Gasteiger partial charge in [0.15, 0.2) is 6.29 Å². The third kappa shape index (κ3) is 2.19. The van der Waals surface area contributed by atoms with Gasteiger partial charge in [0.2, 0.25) is 0 Å². The lowest BCUT2D eigenvalue weighted by atomic mass is 10.1. The van der Waals surface area contributed by atoms with Crippen molar-refractivity contribution in [2.45, 2.75) is 0 Å². The molecule has 2 aromatic heterocycles. The third-order valence-electron chi connectivity index (χ3n) is 2.89. The molecule has 0 unspecified atom stereocenters. The number of nitrogens with one attached hydrogen (secondary N) is 1. The molecule has 3 rings (SSSR count). The summed E-state index contributed by atoms with van der Waals surface area (Å²) >= 11 is 5.88. The van der Waals surface area contributed by atoms with Gasteiger partial charge in [-0.05, 0) is 17.5 Å². The molecule has 0 radical (unpaired) electrons. The van der Waals surface area contributed by atoms with Crippen molar-refractivity contribution < 1.29 is 4.79 Å². The van der Waals surface area contributed by atoms with Gasteiger partial charge in [-0.15, -0.1) is 0 Å². The van der Waals surface area contributed by atoms with Crippen LogP contribution < -0.4 is 5.32 Å². The van der Waals surface area contributed by atoms with Crippen LogP contribution in [-0.4, -0.2) is 21.2 Å². The number of hydrogen-bond donors (Lipinski definition) is 1. The fraction of sp³-hybridized carbons (Fsp3) is 0. The van der Waals surface area contributed by atoms with Crippen LogP contribution in [0.1, 0.15) is 10.4 Å². The van der Waals surface area contributed by atoms with Crippen molar-refractivity contribution in [3.63, 3.8) is 0 Å². The Bertz CT molecular complexity index is 786. The first-order chi connectivity index (χ1) is 9.79. The van der Waals surface area contributed by atoms with Crippen LogP contribution in [0.2, 0.25) is 5.15 Å². The molecule has 0 atom stereocenters. The van der Waals surface area contributed by atoms with Crippen LogP contribution in [0.15, 0.2) is 43.0 Å². The first kappa shape index (κ1) is 12.5. The number of hydrogen-bond acceptors (Lipinski definition) is 5. The Morgan fingerprint density at radius 1 is 1.20 bits per heavy atom. The highest BCUT2D eigenvalue weighted by molar-refractivity contribution is 6.32. The number of halogens is 1. The quantitative estimate of drug-likeness (QED) is 0.591. The number of aldehydes is 1. The number of carbonyl (C=O) groups is 1. The highest BCUT2D eigenvalue weighted by atomic mass is 35.5. The molecule has 0 aliphatic carbocycles. The molecule has 0 amide bonds. The first-order valence-electron chi connectivity index (χ1n) is 5.85. The summed E-state index contributed by atoms with van der Waals surface area (Å²) in [6.45, 7) is 0. The fourth-order valence-corrected chi connectivity index (χ4v) is 2.11. The van der Waals surface area contributed by atoms with Crippen LogP contribution >= 0.6 is 11.6 Å². The molecular formula is C14H9ClN4O. The maximum Gasteiger partial charge on any atom is 0.156 e. The molecule has 6 heteroatoms. The first-order valence-corrected chi connectivity index (χ1v) is 6.23. The second-order valence-corrected chi connectivity index (χ2v) is 4.43. The van der Waals surface area contributed by atoms with E-state index in [0.717, 1.165) is 16.5 Å². The molecule has 3 aromatic rings. The van der Waals surface area contributed by atoms with Gasteiger partial charge in [-0.25, -0.2) is 9.97 Å². The van der Waals surface area contributed by atoms with Crippen molar-refractivity contribution in [1.82, 2.24) is 15.0 Å². The second kappa shape index (κ2) is 5.22. The Kier molecular flexibility index (Phi) is 3.26. The van der Waals surface area contributed by atoms with Gasteiger partial charge in [-0.2, -0.15) is 0 Å². The molecule has 5 nitrogen and oxygen atoms in total. The summed E-state index contributed by atoms with van der Waals surface area (Å²) in [6.07, 6.45) is 5.42. The van der Waals surface area contributed by atoms with Crippen molar-refractivity contribution in [2.75, 3.05) is 5.32 Å². The minimum atomic E-state index is 0.121. The number of pyridine rings is 1. The van der Waals surface area contributed by atoms with Gasteiger partial charge >= 0.3 is 0 Å². The summed E-state index contributed by atoms with van der Waals surface area (Å²) < 4.78 is 0. The predicted molar refractivity (Wildman–Crippen MR) is 77.5 cm³/mol. The molecule has 1 N–H and O–H groups in total. The summed E-state index contributed by atoms with van der Waals surface area (Å²) in [4.78, 5) is 23.0. The predicted octanol–water partition coefficient (Wildman–Crippen LogP) is 3.23. The molecule has 0 bridgehead atoms. The zero-order valence-corrected chi connectivity index (χ0v) is 11.0. The number of fused-ring (bicyclic) bond motifs is 1. The minimum absolute atomic E-state index is 0.121. The molecule has 2 heterocycles. The minimum Gasteiger partial charge on any atom is -0.339 e. The summed E-state index contributed by atoms with van der Waals surface area (Å²) in [6, 6.07) is 7.69. The van der Waals surface area contributed by atoms with Gasteiger partial charge in [-0.1, -0.05) is 23.7 Å². The van der Waals surface area contributed by atoms with E-state index in [1.165, 1.54) is 6.33 Å². The standard InChI is InChI=1S/C14H9ClN4O/c15-13-11(7-20)14(18-8-17-13)19-12-3-1-2-9-4-5-16-6-10(9)12/h1-8H,(H,17,18,19). The molecule has 1 aromatic carbocycles. The zero-order valence-electron chi connectivity index (χ0n) is 10.2. The van der Waals surface area contributed by atoms with E-state index in [1.54, 1.807) is 12.4 Å². The van der Waals surface area contributed by atoms with Gasteiger partial charge < -0.3 is 5.32 Å². The maximum atomic E-state index is 11.1. The van der Waals surface area contributed by atoms with Gasteiger partial charge in [0.25, 0.3) is 0 Å². The van der Waals surface area contributed by atoms with Gasteiger partial charge in [0, 0.05) is 23.5 Å². The van der Waals surface area contributed by atoms with Crippen molar-refractivity contribution >= 4 is 40.2 Å². The molecule has 0 spiro atoms. The zero-order chi connectivity index (χ0) is 13.9. The summed E-state index contributed by atoms with van der Waals surface area (Å²) in [5, 5.41) is 5.19. The molecule has 98 valence electrons. The molecule has 0 aliphatic rings. The Morgan fingerprint density at radius 3 is 2.95 bits per heavy atom. The molecule has 0 fully saturated rings. The third-order valence-corrected chi connectivity index (χ3v) is 3.19. The maximum absolute atomic E-state index is 11.1. The number of nitrogens with zero attached hydrogens (tertiary/aromatic N) is 3. The summed E-state index contributed by atoms with van der Waals surface area (Å²) in [5.41, 5.74) is 1.03. The van der Waals surface area contributed by atoms with Crippen molar-refractivity contribution in [2.24, 2.45) is 0 Å². The highest BCUT2D eigenvalue weighted by Gasteiger charge is 2.10. The molecule has 0 saturated heterocycles. The average Bonchev–Trinajstić information content (AvgIpc) is 2.48. The second-order valence-electron chi connectivity index (χ2n) is 4.07. The van der Waals surface area contributed by atoms with E-state index in [4.69, 9.17) is 11.6 Å². The molecule has 0 saturated carbocycles. The van der Waals surface area contributed by atoms with Crippen LogP contribution in [-0.2, 0) is 0 Å². The highest BCUT2D eigenvalue weighted by Crippen LogP contribution is 2.27. The number of carbonyl (C=O) groups excluding carboxylic acids is 1. The van der Waals surface area contributed by atoms with Gasteiger partial charge in [0.05, 0.1) is 5.56 Å². The van der Waals surface area contributed by atoms with E-state index in [9.17, 15) is 4.79 Å². The summed E-state index contributed by atoms with van der Waals surface area (Å²) in [5.74, 6) is 0.372. The monoisotopic (exact) mass is 284 g/mol. The summed E-state index contributed by atoms with van der Waals surface area (Å²) in [7, 11) is 0. The van der Waals surface area contributed by atoms with E-state index in [2.05, 4.69) is 20.3 Å².